The number of H-pyrrole nitrogens is 1. The maximum atomic E-state index is 12.5. The first-order valence-electron chi connectivity index (χ1n) is 9.20. The van der Waals surface area contributed by atoms with Crippen LogP contribution in [0, 0.1) is 0 Å². The number of aromatic nitrogens is 2. The van der Waals surface area contributed by atoms with Crippen LogP contribution in [0.4, 0.5) is 0 Å². The van der Waals surface area contributed by atoms with Crippen molar-refractivity contribution in [1.82, 2.24) is 10.2 Å². The number of ether oxygens (including phenoxy) is 2. The molecule has 1 N–H and O–H groups in total. The summed E-state index contributed by atoms with van der Waals surface area (Å²) in [5.74, 6) is 1.53. The first-order valence-corrected chi connectivity index (χ1v) is 9.20. The molecule has 0 aliphatic carbocycles. The quantitative estimate of drug-likeness (QED) is 0.548. The van der Waals surface area contributed by atoms with Crippen LogP contribution in [0.15, 0.2) is 62.8 Å². The molecule has 0 amide bonds. The molecule has 0 spiro atoms. The molecule has 4 heterocycles. The van der Waals surface area contributed by atoms with Gasteiger partial charge in [-0.1, -0.05) is 24.3 Å². The van der Waals surface area contributed by atoms with E-state index in [9.17, 15) is 4.79 Å². The van der Waals surface area contributed by atoms with Gasteiger partial charge in [0.15, 0.2) is 11.5 Å². The summed E-state index contributed by atoms with van der Waals surface area (Å²) in [4.78, 5) is 19.6. The number of nitrogens with zero attached hydrogens (tertiary/aromatic N) is 3. The highest BCUT2D eigenvalue weighted by molar-refractivity contribution is 6.04. The van der Waals surface area contributed by atoms with Crippen molar-refractivity contribution in [2.24, 2.45) is 4.99 Å². The Morgan fingerprint density at radius 1 is 1.07 bits per heavy atom. The van der Waals surface area contributed by atoms with E-state index < -0.39 is 5.63 Å². The molecule has 3 unspecified atom stereocenters. The van der Waals surface area contributed by atoms with Crippen LogP contribution in [0.2, 0.25) is 0 Å². The summed E-state index contributed by atoms with van der Waals surface area (Å²) in [5, 5.41) is 2.71. The number of para-hydroxylation sites is 1. The highest BCUT2D eigenvalue weighted by Gasteiger charge is 2.56. The first kappa shape index (κ1) is 15.6. The number of rotatable bonds is 3. The molecule has 3 aliphatic heterocycles. The summed E-state index contributed by atoms with van der Waals surface area (Å²) < 4.78 is 17.7. The monoisotopic (exact) mass is 377 g/mol. The molecule has 140 valence electrons. The van der Waals surface area contributed by atoms with Crippen molar-refractivity contribution in [2.75, 3.05) is 19.9 Å². The van der Waals surface area contributed by atoms with E-state index in [2.05, 4.69) is 16.2 Å². The molecular formula is C20H17N4O4+. The summed E-state index contributed by atoms with van der Waals surface area (Å²) in [6.07, 6.45) is 0. The lowest BCUT2D eigenvalue weighted by atomic mass is 10.0. The van der Waals surface area contributed by atoms with Gasteiger partial charge in [-0.2, -0.15) is 0 Å². The maximum absolute atomic E-state index is 12.5. The third-order valence-electron chi connectivity index (χ3n) is 5.49. The van der Waals surface area contributed by atoms with Crippen molar-refractivity contribution in [3.63, 3.8) is 0 Å². The fourth-order valence-electron chi connectivity index (χ4n) is 4.18. The van der Waals surface area contributed by atoms with Gasteiger partial charge < -0.3 is 9.47 Å². The lowest BCUT2D eigenvalue weighted by Crippen LogP contribution is -2.44. The van der Waals surface area contributed by atoms with Crippen LogP contribution >= 0.6 is 0 Å². The van der Waals surface area contributed by atoms with Gasteiger partial charge in [-0.05, 0) is 27.6 Å². The summed E-state index contributed by atoms with van der Waals surface area (Å²) >= 11 is 0. The molecule has 0 bridgehead atoms. The normalized spacial score (nSPS) is 24.6. The van der Waals surface area contributed by atoms with E-state index in [1.54, 1.807) is 4.68 Å². The zero-order valence-electron chi connectivity index (χ0n) is 14.9. The van der Waals surface area contributed by atoms with E-state index in [1.165, 1.54) is 0 Å². The van der Waals surface area contributed by atoms with Gasteiger partial charge in [0.2, 0.25) is 12.5 Å². The Bertz CT molecular complexity index is 1150. The van der Waals surface area contributed by atoms with Crippen molar-refractivity contribution >= 4 is 5.71 Å². The lowest BCUT2D eigenvalue weighted by molar-refractivity contribution is -0.671. The van der Waals surface area contributed by atoms with Crippen molar-refractivity contribution in [2.45, 2.75) is 12.1 Å². The average Bonchev–Trinajstić information content (AvgIpc) is 3.07. The number of aliphatic imine (C=N–C) groups is 1. The van der Waals surface area contributed by atoms with Crippen LogP contribution in [-0.2, 0) is 0 Å². The summed E-state index contributed by atoms with van der Waals surface area (Å²) in [6, 6.07) is 15.8. The Labute approximate surface area is 159 Å². The highest BCUT2D eigenvalue weighted by Crippen LogP contribution is 2.48. The van der Waals surface area contributed by atoms with Crippen LogP contribution in [0.25, 0.3) is 5.69 Å². The lowest BCUT2D eigenvalue weighted by Gasteiger charge is -2.07. The Balaban J connectivity index is 1.39. The fraction of sp³-hybridized carbons (Fsp3) is 0.250. The smallest absolute Gasteiger partial charge is 0.437 e. The maximum Gasteiger partial charge on any atom is 0.437 e. The van der Waals surface area contributed by atoms with Crippen molar-refractivity contribution in [3.05, 3.63) is 70.2 Å². The zero-order valence-corrected chi connectivity index (χ0v) is 14.9. The first-order chi connectivity index (χ1) is 13.8. The Kier molecular flexibility index (Phi) is 3.24. The highest BCUT2D eigenvalue weighted by atomic mass is 16.7. The minimum atomic E-state index is -0.416. The molecule has 1 saturated heterocycles. The van der Waals surface area contributed by atoms with Gasteiger partial charge in [-0.15, -0.1) is 0 Å². The molecule has 6 rings (SSSR count). The number of fused-ring (bicyclic) bond motifs is 2. The van der Waals surface area contributed by atoms with Gasteiger partial charge in [0.05, 0.1) is 18.6 Å². The molecular weight excluding hydrogens is 360 g/mol. The Morgan fingerprint density at radius 3 is 2.82 bits per heavy atom. The number of benzene rings is 2. The van der Waals surface area contributed by atoms with E-state index in [4.69, 9.17) is 19.0 Å². The largest absolute Gasteiger partial charge is 0.454 e. The molecule has 2 aromatic carbocycles. The number of aromatic amines is 1. The molecule has 28 heavy (non-hydrogen) atoms. The molecule has 0 radical (unpaired) electrons. The van der Waals surface area contributed by atoms with E-state index in [-0.39, 0.29) is 18.9 Å². The standard InChI is InChI=1S/C20H16N4O4/c25-20-19(24(22-28-20)13-4-2-1-3-5-13)16-18-17(23(18)9-8-21-16)12-6-7-14-15(10-12)27-11-26-14/h1-7,10,17-18H,8-9,11H2/p+1. The van der Waals surface area contributed by atoms with Gasteiger partial charge in [0.25, 0.3) is 0 Å². The number of nitrogens with one attached hydrogen (secondary N) is 1. The molecule has 3 aliphatic rings. The van der Waals surface area contributed by atoms with Gasteiger partial charge in [0, 0.05) is 18.7 Å². The molecule has 8 heteroatoms. The average molecular weight is 377 g/mol. The summed E-state index contributed by atoms with van der Waals surface area (Å²) in [6.45, 7) is 1.76. The number of hydrogen-bond acceptors (Lipinski definition) is 6. The van der Waals surface area contributed by atoms with Gasteiger partial charge in [-0.3, -0.25) is 14.4 Å². The second kappa shape index (κ2) is 5.80. The van der Waals surface area contributed by atoms with Gasteiger partial charge >= 0.3 is 11.3 Å². The summed E-state index contributed by atoms with van der Waals surface area (Å²) in [7, 11) is 0. The SMILES string of the molecule is O=c1o[nH][n+](-c2ccccc2)c1C1=NCCN2C1C2c1ccc2c(c1)OCO2. The van der Waals surface area contributed by atoms with E-state index in [1.807, 2.05) is 42.5 Å². The summed E-state index contributed by atoms with van der Waals surface area (Å²) in [5.41, 5.74) is 2.75. The molecule has 1 fully saturated rings. The van der Waals surface area contributed by atoms with E-state index in [0.717, 1.165) is 35.0 Å². The Hall–Kier alpha value is -3.39. The van der Waals surface area contributed by atoms with Gasteiger partial charge in [0.1, 0.15) is 5.71 Å². The molecule has 1 aromatic heterocycles. The minimum absolute atomic E-state index is 0.0442. The predicted molar refractivity (Wildman–Crippen MR) is 98.1 cm³/mol. The third kappa shape index (κ3) is 2.24. The van der Waals surface area contributed by atoms with Crippen LogP contribution in [0.5, 0.6) is 11.5 Å². The fourth-order valence-corrected chi connectivity index (χ4v) is 4.18. The third-order valence-corrected chi connectivity index (χ3v) is 5.49. The topological polar surface area (TPSA) is 83.7 Å². The van der Waals surface area contributed by atoms with E-state index >= 15 is 0 Å². The minimum Gasteiger partial charge on any atom is -0.454 e. The van der Waals surface area contributed by atoms with Crippen LogP contribution in [0.3, 0.4) is 0 Å². The van der Waals surface area contributed by atoms with Crippen molar-refractivity contribution in [3.8, 4) is 17.2 Å². The van der Waals surface area contributed by atoms with Crippen LogP contribution < -0.4 is 19.8 Å². The predicted octanol–water partition coefficient (Wildman–Crippen LogP) is 1.20. The number of hydrogen-bond donors (Lipinski definition) is 1. The van der Waals surface area contributed by atoms with E-state index in [0.29, 0.717) is 12.2 Å². The van der Waals surface area contributed by atoms with Crippen molar-refractivity contribution < 1.29 is 18.7 Å². The Morgan fingerprint density at radius 2 is 1.93 bits per heavy atom. The van der Waals surface area contributed by atoms with Crippen LogP contribution in [0.1, 0.15) is 17.3 Å². The molecule has 8 nitrogen and oxygen atoms in total. The molecule has 3 aromatic rings. The molecule has 0 saturated carbocycles. The van der Waals surface area contributed by atoms with Crippen LogP contribution in [-0.4, -0.2) is 41.8 Å². The van der Waals surface area contributed by atoms with Gasteiger partial charge in [-0.25, -0.2) is 4.79 Å². The zero-order chi connectivity index (χ0) is 18.7. The second-order valence-electron chi connectivity index (χ2n) is 7.01. The van der Waals surface area contributed by atoms with Crippen molar-refractivity contribution in [1.29, 1.82) is 0 Å². The molecule has 3 atom stereocenters. The second-order valence-corrected chi connectivity index (χ2v) is 7.01.